The van der Waals surface area contributed by atoms with E-state index in [1.165, 1.54) is 10.7 Å². The van der Waals surface area contributed by atoms with Crippen LogP contribution in [0.2, 0.25) is 0 Å². The average Bonchev–Trinajstić information content (AvgIpc) is 3.10. The second kappa shape index (κ2) is 4.74. The number of hydrogen-bond acceptors (Lipinski definition) is 3. The number of sulfonamides is 1. The summed E-state index contributed by atoms with van der Waals surface area (Å²) in [5.74, 6) is 0.0588. The number of hydrogen-bond donors (Lipinski definition) is 0. The first-order valence-electron chi connectivity index (χ1n) is 7.29. The highest BCUT2D eigenvalue weighted by atomic mass is 32.2. The fourth-order valence-corrected chi connectivity index (χ4v) is 4.97. The monoisotopic (exact) mass is 286 g/mol. The van der Waals surface area contributed by atoms with E-state index in [0.717, 1.165) is 32.2 Å². The largest absolute Gasteiger partial charge is 0.340 e. The summed E-state index contributed by atoms with van der Waals surface area (Å²) in [6, 6.07) is 0.315. The van der Waals surface area contributed by atoms with E-state index >= 15 is 0 Å². The summed E-state index contributed by atoms with van der Waals surface area (Å²) in [6.07, 6.45) is 4.93. The zero-order valence-electron chi connectivity index (χ0n) is 11.4. The van der Waals surface area contributed by atoms with Crippen LogP contribution in [0.3, 0.4) is 0 Å². The summed E-state index contributed by atoms with van der Waals surface area (Å²) in [5.41, 5.74) is 0. The summed E-state index contributed by atoms with van der Waals surface area (Å²) in [6.45, 7) is 3.74. The summed E-state index contributed by atoms with van der Waals surface area (Å²) in [7, 11) is -3.08. The zero-order valence-corrected chi connectivity index (χ0v) is 12.2. The van der Waals surface area contributed by atoms with Crippen LogP contribution in [0.25, 0.3) is 0 Å². The Morgan fingerprint density at radius 2 is 1.79 bits per heavy atom. The van der Waals surface area contributed by atoms with Gasteiger partial charge in [-0.05, 0) is 39.0 Å². The maximum atomic E-state index is 12.4. The van der Waals surface area contributed by atoms with Gasteiger partial charge in [0.1, 0.15) is 0 Å². The van der Waals surface area contributed by atoms with Crippen LogP contribution in [0.4, 0.5) is 0 Å². The van der Waals surface area contributed by atoms with Crippen LogP contribution in [-0.2, 0) is 14.8 Å². The van der Waals surface area contributed by atoms with Crippen molar-refractivity contribution in [2.45, 2.75) is 50.3 Å². The molecule has 0 aromatic heterocycles. The minimum Gasteiger partial charge on any atom is -0.340 e. The molecule has 0 N–H and O–H groups in total. The average molecular weight is 286 g/mol. The number of carbonyl (C=O) groups excluding carboxylic acids is 1. The fraction of sp³-hybridized carbons (Fsp3) is 0.923. The Morgan fingerprint density at radius 3 is 2.37 bits per heavy atom. The van der Waals surface area contributed by atoms with Crippen LogP contribution in [0.15, 0.2) is 0 Å². The molecule has 2 aliphatic heterocycles. The van der Waals surface area contributed by atoms with E-state index in [-0.39, 0.29) is 17.1 Å². The van der Waals surface area contributed by atoms with Crippen molar-refractivity contribution in [2.24, 2.45) is 5.92 Å². The van der Waals surface area contributed by atoms with Gasteiger partial charge in [0, 0.05) is 25.7 Å². The highest BCUT2D eigenvalue weighted by Crippen LogP contribution is 2.35. The molecule has 0 spiro atoms. The van der Waals surface area contributed by atoms with Crippen LogP contribution in [0.1, 0.15) is 39.0 Å². The second-order valence-electron chi connectivity index (χ2n) is 6.13. The molecule has 0 bridgehead atoms. The van der Waals surface area contributed by atoms with Crippen LogP contribution >= 0.6 is 0 Å². The van der Waals surface area contributed by atoms with E-state index in [1.54, 1.807) is 0 Å². The molecular weight excluding hydrogens is 264 g/mol. The zero-order chi connectivity index (χ0) is 13.6. The van der Waals surface area contributed by atoms with Gasteiger partial charge in [0.15, 0.2) is 0 Å². The van der Waals surface area contributed by atoms with Crippen molar-refractivity contribution in [1.29, 1.82) is 0 Å². The SMILES string of the molecule is C[C@@H]1CCCCN1C(=O)C1CN(S(=O)(=O)C2CC2)C1. The Labute approximate surface area is 115 Å². The van der Waals surface area contributed by atoms with Crippen molar-refractivity contribution in [1.82, 2.24) is 9.21 Å². The predicted octanol–water partition coefficient (Wildman–Crippen LogP) is 0.811. The van der Waals surface area contributed by atoms with E-state index in [9.17, 15) is 13.2 Å². The Bertz CT molecular complexity index is 466. The molecule has 19 heavy (non-hydrogen) atoms. The maximum Gasteiger partial charge on any atom is 0.228 e. The molecule has 2 heterocycles. The molecule has 1 atom stereocenters. The van der Waals surface area contributed by atoms with E-state index in [4.69, 9.17) is 0 Å². The molecule has 108 valence electrons. The highest BCUT2D eigenvalue weighted by molar-refractivity contribution is 7.90. The lowest BCUT2D eigenvalue weighted by Crippen LogP contribution is -2.58. The molecule has 3 fully saturated rings. The van der Waals surface area contributed by atoms with Crippen LogP contribution in [0.5, 0.6) is 0 Å². The molecule has 6 heteroatoms. The summed E-state index contributed by atoms with van der Waals surface area (Å²) in [5, 5.41) is -0.155. The standard InChI is InChI=1S/C13H22N2O3S/c1-10-4-2-3-7-15(10)13(16)11-8-14(9-11)19(17,18)12-5-6-12/h10-12H,2-9H2,1H3/t10-/m1/s1. The van der Waals surface area contributed by atoms with Crippen molar-refractivity contribution in [3.05, 3.63) is 0 Å². The van der Waals surface area contributed by atoms with Gasteiger partial charge in [-0.25, -0.2) is 8.42 Å². The Balaban J connectivity index is 1.56. The lowest BCUT2D eigenvalue weighted by molar-refractivity contribution is -0.142. The van der Waals surface area contributed by atoms with E-state index in [0.29, 0.717) is 19.1 Å². The Hall–Kier alpha value is -0.620. The molecule has 0 unspecified atom stereocenters. The van der Waals surface area contributed by atoms with E-state index in [1.807, 2.05) is 4.90 Å². The molecule has 3 aliphatic rings. The van der Waals surface area contributed by atoms with Crippen LogP contribution in [-0.4, -0.2) is 54.5 Å². The molecule has 2 saturated heterocycles. The summed E-state index contributed by atoms with van der Waals surface area (Å²) < 4.78 is 25.5. The summed E-state index contributed by atoms with van der Waals surface area (Å²) in [4.78, 5) is 14.3. The van der Waals surface area contributed by atoms with Crippen molar-refractivity contribution in [3.63, 3.8) is 0 Å². The smallest absolute Gasteiger partial charge is 0.228 e. The van der Waals surface area contributed by atoms with Gasteiger partial charge in [-0.2, -0.15) is 4.31 Å². The quantitative estimate of drug-likeness (QED) is 0.771. The van der Waals surface area contributed by atoms with Crippen LogP contribution in [0, 0.1) is 5.92 Å². The topological polar surface area (TPSA) is 57.7 Å². The lowest BCUT2D eigenvalue weighted by atomic mass is 9.97. The Kier molecular flexibility index (Phi) is 3.33. The highest BCUT2D eigenvalue weighted by Gasteiger charge is 2.48. The minimum absolute atomic E-state index is 0.103. The third-order valence-electron chi connectivity index (χ3n) is 4.59. The van der Waals surface area contributed by atoms with Crippen molar-refractivity contribution in [3.8, 4) is 0 Å². The maximum absolute atomic E-state index is 12.4. The third-order valence-corrected chi connectivity index (χ3v) is 6.92. The van der Waals surface area contributed by atoms with Gasteiger partial charge in [0.2, 0.25) is 15.9 Å². The van der Waals surface area contributed by atoms with Crippen molar-refractivity contribution in [2.75, 3.05) is 19.6 Å². The van der Waals surface area contributed by atoms with Gasteiger partial charge in [-0.3, -0.25) is 4.79 Å². The first kappa shape index (κ1) is 13.4. The first-order valence-corrected chi connectivity index (χ1v) is 8.80. The number of likely N-dealkylation sites (tertiary alicyclic amines) is 1. The predicted molar refractivity (Wildman–Crippen MR) is 72.0 cm³/mol. The molecule has 1 aliphatic carbocycles. The Morgan fingerprint density at radius 1 is 1.11 bits per heavy atom. The second-order valence-corrected chi connectivity index (χ2v) is 8.35. The molecule has 1 amide bonds. The first-order chi connectivity index (χ1) is 9.00. The van der Waals surface area contributed by atoms with Crippen molar-refractivity contribution >= 4 is 15.9 Å². The molecule has 3 rings (SSSR count). The van der Waals surface area contributed by atoms with Gasteiger partial charge in [0.25, 0.3) is 0 Å². The van der Waals surface area contributed by atoms with Gasteiger partial charge >= 0.3 is 0 Å². The van der Waals surface area contributed by atoms with Gasteiger partial charge < -0.3 is 4.90 Å². The van der Waals surface area contributed by atoms with E-state index < -0.39 is 10.0 Å². The molecule has 1 saturated carbocycles. The normalized spacial score (nSPS) is 30.2. The molecule has 0 radical (unpaired) electrons. The number of carbonyl (C=O) groups is 1. The van der Waals surface area contributed by atoms with Gasteiger partial charge in [-0.15, -0.1) is 0 Å². The van der Waals surface area contributed by atoms with E-state index in [2.05, 4.69) is 6.92 Å². The minimum atomic E-state index is -3.08. The molecule has 5 nitrogen and oxygen atoms in total. The molecular formula is C13H22N2O3S. The molecule has 0 aromatic rings. The van der Waals surface area contributed by atoms with Crippen molar-refractivity contribution < 1.29 is 13.2 Å². The summed E-state index contributed by atoms with van der Waals surface area (Å²) >= 11 is 0. The number of rotatable bonds is 3. The van der Waals surface area contributed by atoms with Gasteiger partial charge in [-0.1, -0.05) is 0 Å². The van der Waals surface area contributed by atoms with Crippen LogP contribution < -0.4 is 0 Å². The fourth-order valence-electron chi connectivity index (χ4n) is 3.04. The van der Waals surface area contributed by atoms with Gasteiger partial charge in [0.05, 0.1) is 11.2 Å². The molecule has 0 aromatic carbocycles. The number of amides is 1. The third kappa shape index (κ3) is 2.40. The lowest BCUT2D eigenvalue weighted by Gasteiger charge is -2.42. The number of piperidine rings is 1. The number of nitrogens with zero attached hydrogens (tertiary/aromatic N) is 2.